The average Bonchev–Trinajstić information content (AvgIpc) is 3.09. The predicted molar refractivity (Wildman–Crippen MR) is 89.4 cm³/mol. The van der Waals surface area contributed by atoms with Crippen molar-refractivity contribution < 1.29 is 9.53 Å². The van der Waals surface area contributed by atoms with E-state index in [0.29, 0.717) is 9.23 Å². The zero-order valence-electron chi connectivity index (χ0n) is 11.2. The standard InChI is InChI=1S/C15H12N2O2S2/c1-19-12-6-4-11(5-7-12)17-14(18)13(21-15(17)20)9-10-3-2-8-16-10/h2-9,16H,1H3. The van der Waals surface area contributed by atoms with E-state index in [-0.39, 0.29) is 5.91 Å². The molecule has 1 aromatic carbocycles. The van der Waals surface area contributed by atoms with Gasteiger partial charge in [0, 0.05) is 11.9 Å². The van der Waals surface area contributed by atoms with E-state index >= 15 is 0 Å². The lowest BCUT2D eigenvalue weighted by atomic mass is 10.2. The van der Waals surface area contributed by atoms with Crippen molar-refractivity contribution in [1.82, 2.24) is 4.98 Å². The van der Waals surface area contributed by atoms with E-state index in [1.165, 1.54) is 16.7 Å². The van der Waals surface area contributed by atoms with Gasteiger partial charge in [-0.25, -0.2) is 0 Å². The lowest BCUT2D eigenvalue weighted by Crippen LogP contribution is -2.27. The summed E-state index contributed by atoms with van der Waals surface area (Å²) in [6.45, 7) is 0. The van der Waals surface area contributed by atoms with Crippen LogP contribution in [0.5, 0.6) is 5.75 Å². The fraction of sp³-hybridized carbons (Fsp3) is 0.0667. The molecular weight excluding hydrogens is 304 g/mol. The Labute approximate surface area is 131 Å². The van der Waals surface area contributed by atoms with Gasteiger partial charge in [0.1, 0.15) is 5.75 Å². The number of hydrogen-bond acceptors (Lipinski definition) is 4. The normalized spacial score (nSPS) is 16.8. The Morgan fingerprint density at radius 3 is 2.67 bits per heavy atom. The van der Waals surface area contributed by atoms with Gasteiger partial charge >= 0.3 is 0 Å². The van der Waals surface area contributed by atoms with Gasteiger partial charge in [0.15, 0.2) is 4.32 Å². The summed E-state index contributed by atoms with van der Waals surface area (Å²) >= 11 is 6.62. The third kappa shape index (κ3) is 2.72. The number of anilines is 1. The molecule has 0 radical (unpaired) electrons. The first-order chi connectivity index (χ1) is 10.2. The molecular formula is C15H12N2O2S2. The highest BCUT2D eigenvalue weighted by molar-refractivity contribution is 8.27. The number of carbonyl (C=O) groups excluding carboxylic acids is 1. The zero-order valence-corrected chi connectivity index (χ0v) is 12.8. The third-order valence-electron chi connectivity index (χ3n) is 3.03. The molecule has 2 aromatic rings. The molecule has 6 heteroatoms. The molecule has 1 aliphatic rings. The molecule has 2 heterocycles. The monoisotopic (exact) mass is 316 g/mol. The Morgan fingerprint density at radius 1 is 1.29 bits per heavy atom. The van der Waals surface area contributed by atoms with Crippen molar-refractivity contribution >= 4 is 46.0 Å². The highest BCUT2D eigenvalue weighted by atomic mass is 32.2. The molecule has 1 N–H and O–H groups in total. The van der Waals surface area contributed by atoms with Crippen LogP contribution in [0.1, 0.15) is 5.69 Å². The van der Waals surface area contributed by atoms with Crippen LogP contribution in [-0.2, 0) is 4.79 Å². The van der Waals surface area contributed by atoms with Crippen molar-refractivity contribution in [2.45, 2.75) is 0 Å². The first-order valence-corrected chi connectivity index (χ1v) is 7.47. The maximum atomic E-state index is 12.5. The second kappa shape index (κ2) is 5.75. The van der Waals surface area contributed by atoms with Crippen LogP contribution in [0.15, 0.2) is 47.5 Å². The summed E-state index contributed by atoms with van der Waals surface area (Å²) < 4.78 is 5.65. The van der Waals surface area contributed by atoms with E-state index in [1.54, 1.807) is 7.11 Å². The molecule has 1 aromatic heterocycles. The number of rotatable bonds is 3. The third-order valence-corrected chi connectivity index (χ3v) is 4.34. The van der Waals surface area contributed by atoms with E-state index in [2.05, 4.69) is 4.98 Å². The molecule has 0 unspecified atom stereocenters. The van der Waals surface area contributed by atoms with Crippen molar-refractivity contribution in [3.63, 3.8) is 0 Å². The number of thiocarbonyl (C=S) groups is 1. The molecule has 1 saturated heterocycles. The maximum absolute atomic E-state index is 12.5. The van der Waals surface area contributed by atoms with Crippen molar-refractivity contribution in [1.29, 1.82) is 0 Å². The Kier molecular flexibility index (Phi) is 3.81. The van der Waals surface area contributed by atoms with Gasteiger partial charge in [-0.05, 0) is 42.5 Å². The van der Waals surface area contributed by atoms with Crippen LogP contribution in [0.3, 0.4) is 0 Å². The predicted octanol–water partition coefficient (Wildman–Crippen LogP) is 3.43. The topological polar surface area (TPSA) is 45.3 Å². The second-order valence-electron chi connectivity index (χ2n) is 4.34. The molecule has 1 amide bonds. The van der Waals surface area contributed by atoms with Crippen LogP contribution >= 0.6 is 24.0 Å². The van der Waals surface area contributed by atoms with Gasteiger partial charge in [0.2, 0.25) is 0 Å². The molecule has 0 saturated carbocycles. The highest BCUT2D eigenvalue weighted by Gasteiger charge is 2.33. The van der Waals surface area contributed by atoms with Crippen LogP contribution in [0.4, 0.5) is 5.69 Å². The van der Waals surface area contributed by atoms with E-state index in [9.17, 15) is 4.79 Å². The van der Waals surface area contributed by atoms with Gasteiger partial charge < -0.3 is 9.72 Å². The molecule has 1 aliphatic heterocycles. The molecule has 21 heavy (non-hydrogen) atoms. The number of aromatic amines is 1. The summed E-state index contributed by atoms with van der Waals surface area (Å²) in [5, 5.41) is 0. The minimum atomic E-state index is -0.107. The van der Waals surface area contributed by atoms with Crippen LogP contribution in [0.25, 0.3) is 6.08 Å². The Balaban J connectivity index is 1.90. The Morgan fingerprint density at radius 2 is 2.05 bits per heavy atom. The summed E-state index contributed by atoms with van der Waals surface area (Å²) in [4.78, 5) is 17.7. The molecule has 3 rings (SSSR count). The Hall–Kier alpha value is -2.05. The first kappa shape index (κ1) is 13.9. The number of aromatic nitrogens is 1. The smallest absolute Gasteiger partial charge is 0.270 e. The van der Waals surface area contributed by atoms with Crippen LogP contribution < -0.4 is 9.64 Å². The molecule has 0 bridgehead atoms. The lowest BCUT2D eigenvalue weighted by Gasteiger charge is -2.14. The van der Waals surface area contributed by atoms with Crippen molar-refractivity contribution in [2.75, 3.05) is 12.0 Å². The second-order valence-corrected chi connectivity index (χ2v) is 6.02. The lowest BCUT2D eigenvalue weighted by molar-refractivity contribution is -0.113. The van der Waals surface area contributed by atoms with Gasteiger partial charge in [-0.3, -0.25) is 9.69 Å². The van der Waals surface area contributed by atoms with Gasteiger partial charge in [-0.1, -0.05) is 24.0 Å². The minimum Gasteiger partial charge on any atom is -0.497 e. The number of carbonyl (C=O) groups is 1. The first-order valence-electron chi connectivity index (χ1n) is 6.24. The summed E-state index contributed by atoms with van der Waals surface area (Å²) in [6, 6.07) is 11.0. The van der Waals surface area contributed by atoms with Gasteiger partial charge in [0.25, 0.3) is 5.91 Å². The average molecular weight is 316 g/mol. The molecule has 0 atom stereocenters. The molecule has 0 spiro atoms. The van der Waals surface area contributed by atoms with Crippen LogP contribution in [-0.4, -0.2) is 22.3 Å². The number of thioether (sulfide) groups is 1. The summed E-state index contributed by atoms with van der Waals surface area (Å²) in [5.41, 5.74) is 1.62. The van der Waals surface area contributed by atoms with Crippen LogP contribution in [0, 0.1) is 0 Å². The van der Waals surface area contributed by atoms with Crippen molar-refractivity contribution in [3.05, 3.63) is 53.2 Å². The van der Waals surface area contributed by atoms with Crippen molar-refractivity contribution in [3.8, 4) is 5.75 Å². The van der Waals surface area contributed by atoms with E-state index < -0.39 is 0 Å². The summed E-state index contributed by atoms with van der Waals surface area (Å²) in [5.74, 6) is 0.635. The van der Waals surface area contributed by atoms with E-state index in [4.69, 9.17) is 17.0 Å². The summed E-state index contributed by atoms with van der Waals surface area (Å²) in [6.07, 6.45) is 3.62. The van der Waals surface area contributed by atoms with Gasteiger partial charge in [-0.2, -0.15) is 0 Å². The number of hydrogen-bond donors (Lipinski definition) is 1. The molecule has 4 nitrogen and oxygen atoms in total. The van der Waals surface area contributed by atoms with Crippen molar-refractivity contribution in [2.24, 2.45) is 0 Å². The van der Waals surface area contributed by atoms with Gasteiger partial charge in [0.05, 0.1) is 17.7 Å². The number of nitrogens with one attached hydrogen (secondary N) is 1. The number of H-pyrrole nitrogens is 1. The van der Waals surface area contributed by atoms with E-state index in [0.717, 1.165) is 17.1 Å². The van der Waals surface area contributed by atoms with Gasteiger partial charge in [-0.15, -0.1) is 0 Å². The fourth-order valence-corrected chi connectivity index (χ4v) is 3.29. The minimum absolute atomic E-state index is 0.107. The SMILES string of the molecule is COc1ccc(N2C(=O)C(=Cc3ccc[nH]3)SC2=S)cc1. The highest BCUT2D eigenvalue weighted by Crippen LogP contribution is 2.36. The number of benzene rings is 1. The summed E-state index contributed by atoms with van der Waals surface area (Å²) in [7, 11) is 1.60. The fourth-order valence-electron chi connectivity index (χ4n) is 2.00. The number of methoxy groups -OCH3 is 1. The largest absolute Gasteiger partial charge is 0.497 e. The quantitative estimate of drug-likeness (QED) is 0.696. The number of ether oxygens (including phenoxy) is 1. The molecule has 106 valence electrons. The number of nitrogens with zero attached hydrogens (tertiary/aromatic N) is 1. The Bertz CT molecular complexity index is 706. The van der Waals surface area contributed by atoms with Crippen LogP contribution in [0.2, 0.25) is 0 Å². The molecule has 0 aliphatic carbocycles. The molecule has 1 fully saturated rings. The number of amides is 1. The van der Waals surface area contributed by atoms with E-state index in [1.807, 2.05) is 48.7 Å². The maximum Gasteiger partial charge on any atom is 0.270 e. The zero-order chi connectivity index (χ0) is 14.8.